The Morgan fingerprint density at radius 1 is 1.18 bits per heavy atom. The van der Waals surface area contributed by atoms with Crippen LogP contribution in [0.25, 0.3) is 0 Å². The Kier molecular flexibility index (Phi) is 4.50. The van der Waals surface area contributed by atoms with Gasteiger partial charge in [-0.05, 0) is 36.8 Å². The molecule has 1 aliphatic rings. The highest BCUT2D eigenvalue weighted by Crippen LogP contribution is 2.41. The summed E-state index contributed by atoms with van der Waals surface area (Å²) in [5, 5.41) is 0.405. The molecule has 116 valence electrons. The lowest BCUT2D eigenvalue weighted by Crippen LogP contribution is -2.30. The van der Waals surface area contributed by atoms with Gasteiger partial charge in [-0.2, -0.15) is 4.31 Å². The van der Waals surface area contributed by atoms with Crippen LogP contribution in [0.15, 0.2) is 53.4 Å². The summed E-state index contributed by atoms with van der Waals surface area (Å²) < 4.78 is 27.4. The van der Waals surface area contributed by atoms with Crippen LogP contribution in [0.5, 0.6) is 0 Å². The summed E-state index contributed by atoms with van der Waals surface area (Å²) in [6.45, 7) is 2.45. The van der Waals surface area contributed by atoms with Crippen molar-refractivity contribution in [1.29, 1.82) is 0 Å². The molecule has 0 bridgehead atoms. The molecule has 1 fully saturated rings. The predicted octanol–water partition coefficient (Wildman–Crippen LogP) is 4.08. The van der Waals surface area contributed by atoms with Crippen molar-refractivity contribution in [3.63, 3.8) is 0 Å². The van der Waals surface area contributed by atoms with Crippen LogP contribution in [-0.4, -0.2) is 25.0 Å². The van der Waals surface area contributed by atoms with Gasteiger partial charge in [-0.1, -0.05) is 41.4 Å². The monoisotopic (exact) mass is 353 g/mol. The van der Waals surface area contributed by atoms with Crippen LogP contribution in [0, 0.1) is 6.92 Å². The maximum absolute atomic E-state index is 12.9. The summed E-state index contributed by atoms with van der Waals surface area (Å²) in [6, 6.07) is 14.4. The zero-order chi connectivity index (χ0) is 15.7. The van der Waals surface area contributed by atoms with Gasteiger partial charge in [-0.15, -0.1) is 11.8 Å². The molecule has 3 rings (SSSR count). The molecule has 0 saturated carbocycles. The van der Waals surface area contributed by atoms with Crippen LogP contribution in [0.2, 0.25) is 5.02 Å². The third-order valence-electron chi connectivity index (χ3n) is 3.61. The highest BCUT2D eigenvalue weighted by atomic mass is 35.5. The van der Waals surface area contributed by atoms with E-state index in [-0.39, 0.29) is 5.37 Å². The first-order valence-corrected chi connectivity index (χ1v) is 9.81. The van der Waals surface area contributed by atoms with Crippen molar-refractivity contribution in [1.82, 2.24) is 4.31 Å². The van der Waals surface area contributed by atoms with Crippen LogP contribution in [-0.2, 0) is 10.0 Å². The number of rotatable bonds is 3. The average Bonchev–Trinajstić information content (AvgIpc) is 2.98. The molecule has 22 heavy (non-hydrogen) atoms. The zero-order valence-corrected chi connectivity index (χ0v) is 14.5. The number of thioether (sulfide) groups is 1. The van der Waals surface area contributed by atoms with Crippen molar-refractivity contribution in [3.05, 3.63) is 64.7 Å². The highest BCUT2D eigenvalue weighted by Gasteiger charge is 2.36. The van der Waals surface area contributed by atoms with Crippen molar-refractivity contribution in [2.45, 2.75) is 17.2 Å². The Morgan fingerprint density at radius 2 is 1.91 bits per heavy atom. The van der Waals surface area contributed by atoms with Gasteiger partial charge in [0.2, 0.25) is 10.0 Å². The summed E-state index contributed by atoms with van der Waals surface area (Å²) in [7, 11) is -3.50. The molecule has 1 heterocycles. The van der Waals surface area contributed by atoms with Gasteiger partial charge >= 0.3 is 0 Å². The molecule has 0 spiro atoms. The van der Waals surface area contributed by atoms with Crippen molar-refractivity contribution in [3.8, 4) is 0 Å². The molecule has 0 amide bonds. The summed E-state index contributed by atoms with van der Waals surface area (Å²) in [5.74, 6) is 0.780. The van der Waals surface area contributed by atoms with Crippen LogP contribution in [0.4, 0.5) is 0 Å². The number of benzene rings is 2. The number of hydrogen-bond donors (Lipinski definition) is 0. The van der Waals surface area contributed by atoms with E-state index in [1.165, 1.54) is 0 Å². The van der Waals surface area contributed by atoms with Crippen LogP contribution in [0.1, 0.15) is 16.5 Å². The second-order valence-corrected chi connectivity index (χ2v) is 8.72. The van der Waals surface area contributed by atoms with E-state index >= 15 is 0 Å². The normalized spacial score (nSPS) is 19.5. The summed E-state index contributed by atoms with van der Waals surface area (Å²) in [6.07, 6.45) is 0. The zero-order valence-electron chi connectivity index (χ0n) is 12.1. The molecule has 0 aromatic heterocycles. The number of sulfonamides is 1. The van der Waals surface area contributed by atoms with Crippen molar-refractivity contribution in [2.24, 2.45) is 0 Å². The van der Waals surface area contributed by atoms with Gasteiger partial charge in [-0.3, -0.25) is 0 Å². The molecule has 0 radical (unpaired) electrons. The minimum absolute atomic E-state index is 0.218. The van der Waals surface area contributed by atoms with Gasteiger partial charge in [0.05, 0.1) is 10.3 Å². The topological polar surface area (TPSA) is 37.4 Å². The molecule has 6 heteroatoms. The largest absolute Gasteiger partial charge is 0.244 e. The Hall–Kier alpha value is -1.01. The second kappa shape index (κ2) is 6.24. The Labute approximate surface area is 140 Å². The van der Waals surface area contributed by atoms with Gasteiger partial charge in [0, 0.05) is 17.3 Å². The van der Waals surface area contributed by atoms with E-state index in [2.05, 4.69) is 0 Å². The van der Waals surface area contributed by atoms with E-state index in [4.69, 9.17) is 11.6 Å². The van der Waals surface area contributed by atoms with Gasteiger partial charge in [0.1, 0.15) is 0 Å². The number of aryl methyl sites for hydroxylation is 1. The minimum atomic E-state index is -3.50. The lowest BCUT2D eigenvalue weighted by Gasteiger charge is -2.23. The van der Waals surface area contributed by atoms with E-state index in [0.717, 1.165) is 16.9 Å². The fraction of sp³-hybridized carbons (Fsp3) is 0.250. The first-order valence-electron chi connectivity index (χ1n) is 6.94. The maximum atomic E-state index is 12.9. The van der Waals surface area contributed by atoms with E-state index in [9.17, 15) is 8.42 Å². The summed E-state index contributed by atoms with van der Waals surface area (Å²) >= 11 is 7.67. The number of halogens is 1. The number of nitrogens with zero attached hydrogens (tertiary/aromatic N) is 1. The van der Waals surface area contributed by atoms with Crippen LogP contribution in [0.3, 0.4) is 0 Å². The quantitative estimate of drug-likeness (QED) is 0.834. The Balaban J connectivity index is 1.97. The SMILES string of the molecule is Cc1ccc(S(=O)(=O)N2CCSC2c2cccc(Cl)c2)cc1. The average molecular weight is 354 g/mol. The molecular weight excluding hydrogens is 338 g/mol. The molecule has 1 atom stereocenters. The fourth-order valence-corrected chi connectivity index (χ4v) is 5.90. The Bertz CT molecular complexity index is 775. The lowest BCUT2D eigenvalue weighted by molar-refractivity contribution is 0.434. The Morgan fingerprint density at radius 3 is 2.59 bits per heavy atom. The van der Waals surface area contributed by atoms with Crippen molar-refractivity contribution in [2.75, 3.05) is 12.3 Å². The summed E-state index contributed by atoms with van der Waals surface area (Å²) in [5.41, 5.74) is 1.96. The van der Waals surface area contributed by atoms with E-state index in [1.54, 1.807) is 34.3 Å². The first kappa shape index (κ1) is 15.9. The van der Waals surface area contributed by atoms with Crippen molar-refractivity contribution >= 4 is 33.4 Å². The van der Waals surface area contributed by atoms with E-state index in [0.29, 0.717) is 16.5 Å². The van der Waals surface area contributed by atoms with Crippen LogP contribution < -0.4 is 0 Å². The third-order valence-corrected chi connectivity index (χ3v) is 7.12. The van der Waals surface area contributed by atoms with Gasteiger partial charge in [-0.25, -0.2) is 8.42 Å². The lowest BCUT2D eigenvalue weighted by atomic mass is 10.2. The molecule has 1 saturated heterocycles. The molecule has 3 nitrogen and oxygen atoms in total. The maximum Gasteiger partial charge on any atom is 0.244 e. The van der Waals surface area contributed by atoms with Gasteiger partial charge in [0.25, 0.3) is 0 Å². The smallest absolute Gasteiger partial charge is 0.207 e. The van der Waals surface area contributed by atoms with Gasteiger partial charge < -0.3 is 0 Å². The summed E-state index contributed by atoms with van der Waals surface area (Å²) in [4.78, 5) is 0.340. The van der Waals surface area contributed by atoms with E-state index < -0.39 is 10.0 Å². The van der Waals surface area contributed by atoms with E-state index in [1.807, 2.05) is 37.3 Å². The first-order chi connectivity index (χ1) is 10.5. The highest BCUT2D eigenvalue weighted by molar-refractivity contribution is 8.01. The molecule has 2 aromatic carbocycles. The third kappa shape index (κ3) is 3.04. The fourth-order valence-electron chi connectivity index (χ4n) is 2.47. The molecular formula is C16H16ClNO2S2. The molecule has 0 aliphatic carbocycles. The van der Waals surface area contributed by atoms with Gasteiger partial charge in [0.15, 0.2) is 0 Å². The molecule has 1 unspecified atom stereocenters. The minimum Gasteiger partial charge on any atom is -0.207 e. The second-order valence-electron chi connectivity index (χ2n) is 5.21. The van der Waals surface area contributed by atoms with Crippen molar-refractivity contribution < 1.29 is 8.42 Å². The predicted molar refractivity (Wildman–Crippen MR) is 91.7 cm³/mol. The standard InChI is InChI=1S/C16H16ClNO2S2/c1-12-5-7-15(8-6-12)22(19,20)18-9-10-21-16(18)13-3-2-4-14(17)11-13/h2-8,11,16H,9-10H2,1H3. The van der Waals surface area contributed by atoms with Crippen LogP contribution >= 0.6 is 23.4 Å². The molecule has 2 aromatic rings. The number of hydrogen-bond acceptors (Lipinski definition) is 3. The molecule has 0 N–H and O–H groups in total. The molecule has 1 aliphatic heterocycles.